The number of nitrogens with two attached hydrogens (primary N) is 1. The molecule has 1 fully saturated rings. The number of hydrogen-bond donors (Lipinski definition) is 2. The Labute approximate surface area is 168 Å². The van der Waals surface area contributed by atoms with Crippen molar-refractivity contribution in [2.45, 2.75) is 37.6 Å². The van der Waals surface area contributed by atoms with E-state index in [1.165, 1.54) is 16.4 Å². The van der Waals surface area contributed by atoms with Crippen molar-refractivity contribution >= 4 is 28.3 Å². The Morgan fingerprint density at radius 3 is 2.52 bits per heavy atom. The molecule has 1 aromatic rings. The highest BCUT2D eigenvalue weighted by Gasteiger charge is 2.29. The Morgan fingerprint density at radius 2 is 1.96 bits per heavy atom. The largest absolute Gasteiger partial charge is 0.379 e. The standard InChI is InChI=1S/C18H29N3O4S.ClH/c1-14(2)12-18(3,13-19)20-17(22)15-5-4-6-16(11-15)26(23,24)21-7-9-25-10-8-21;/h4-6,11,14H,7-10,12-13,19H2,1-3H3,(H,20,22);1H. The van der Waals surface area contributed by atoms with Crippen LogP contribution < -0.4 is 11.1 Å². The summed E-state index contributed by atoms with van der Waals surface area (Å²) in [4.78, 5) is 12.8. The zero-order chi connectivity index (χ0) is 19.4. The fourth-order valence-corrected chi connectivity index (χ4v) is 4.62. The number of nitrogens with zero attached hydrogens (tertiary/aromatic N) is 1. The Balaban J connectivity index is 0.00000364. The molecule has 1 heterocycles. The third kappa shape index (κ3) is 6.15. The highest BCUT2D eigenvalue weighted by Crippen LogP contribution is 2.20. The van der Waals surface area contributed by atoms with E-state index in [0.29, 0.717) is 44.3 Å². The molecule has 0 bridgehead atoms. The molecule has 3 N–H and O–H groups in total. The van der Waals surface area contributed by atoms with E-state index in [9.17, 15) is 13.2 Å². The lowest BCUT2D eigenvalue weighted by molar-refractivity contribution is 0.0730. The smallest absolute Gasteiger partial charge is 0.251 e. The maximum absolute atomic E-state index is 12.8. The molecule has 0 radical (unpaired) electrons. The van der Waals surface area contributed by atoms with Crippen LogP contribution in [0.3, 0.4) is 0 Å². The maximum atomic E-state index is 12.8. The van der Waals surface area contributed by atoms with Gasteiger partial charge in [-0.05, 0) is 37.5 Å². The molecule has 9 heteroatoms. The number of sulfonamides is 1. The number of carbonyl (C=O) groups excluding carboxylic acids is 1. The van der Waals surface area contributed by atoms with Gasteiger partial charge in [0.1, 0.15) is 0 Å². The van der Waals surface area contributed by atoms with Crippen LogP contribution in [-0.4, -0.2) is 57.0 Å². The van der Waals surface area contributed by atoms with Gasteiger partial charge in [-0.15, -0.1) is 12.4 Å². The van der Waals surface area contributed by atoms with E-state index in [0.717, 1.165) is 6.42 Å². The summed E-state index contributed by atoms with van der Waals surface area (Å²) in [5.74, 6) is 0.0505. The molecule has 1 amide bonds. The van der Waals surface area contributed by atoms with E-state index in [-0.39, 0.29) is 23.2 Å². The Hall–Kier alpha value is -1.19. The minimum Gasteiger partial charge on any atom is -0.379 e. The van der Waals surface area contributed by atoms with Gasteiger partial charge < -0.3 is 15.8 Å². The van der Waals surface area contributed by atoms with E-state index in [1.54, 1.807) is 12.1 Å². The van der Waals surface area contributed by atoms with Crippen molar-refractivity contribution in [3.05, 3.63) is 29.8 Å². The lowest BCUT2D eigenvalue weighted by Gasteiger charge is -2.31. The number of halogens is 1. The first-order chi connectivity index (χ1) is 12.2. The van der Waals surface area contributed by atoms with Gasteiger partial charge in [0, 0.05) is 30.7 Å². The molecule has 2 rings (SSSR count). The molecule has 1 unspecified atom stereocenters. The molecule has 1 aliphatic rings. The van der Waals surface area contributed by atoms with Gasteiger partial charge in [0.15, 0.2) is 0 Å². The summed E-state index contributed by atoms with van der Waals surface area (Å²) >= 11 is 0. The summed E-state index contributed by atoms with van der Waals surface area (Å²) in [7, 11) is -3.64. The van der Waals surface area contributed by atoms with Gasteiger partial charge in [0.25, 0.3) is 5.91 Å². The van der Waals surface area contributed by atoms with Gasteiger partial charge in [0.2, 0.25) is 10.0 Å². The number of morpholine rings is 1. The van der Waals surface area contributed by atoms with Crippen LogP contribution >= 0.6 is 12.4 Å². The molecule has 1 aromatic carbocycles. The molecule has 1 aliphatic heterocycles. The van der Waals surface area contributed by atoms with Crippen LogP contribution in [0.25, 0.3) is 0 Å². The van der Waals surface area contributed by atoms with Crippen LogP contribution in [0.15, 0.2) is 29.2 Å². The van der Waals surface area contributed by atoms with Gasteiger partial charge in [-0.1, -0.05) is 19.9 Å². The Morgan fingerprint density at radius 1 is 1.33 bits per heavy atom. The van der Waals surface area contributed by atoms with E-state index in [4.69, 9.17) is 10.5 Å². The molecule has 0 aromatic heterocycles. The number of rotatable bonds is 7. The lowest BCUT2D eigenvalue weighted by Crippen LogP contribution is -2.52. The predicted molar refractivity (Wildman–Crippen MR) is 108 cm³/mol. The van der Waals surface area contributed by atoms with E-state index < -0.39 is 15.6 Å². The van der Waals surface area contributed by atoms with Gasteiger partial charge in [-0.25, -0.2) is 8.42 Å². The SMILES string of the molecule is CC(C)CC(C)(CN)NC(=O)c1cccc(S(=O)(=O)N2CCOCC2)c1.Cl. The van der Waals surface area contributed by atoms with Crippen molar-refractivity contribution in [3.8, 4) is 0 Å². The topological polar surface area (TPSA) is 102 Å². The van der Waals surface area contributed by atoms with Crippen molar-refractivity contribution in [1.82, 2.24) is 9.62 Å². The molecule has 1 saturated heterocycles. The van der Waals surface area contributed by atoms with Gasteiger partial charge in [-0.2, -0.15) is 4.31 Å². The summed E-state index contributed by atoms with van der Waals surface area (Å²) in [5, 5.41) is 2.96. The fraction of sp³-hybridized carbons (Fsp3) is 0.611. The molecular weight excluding hydrogens is 390 g/mol. The van der Waals surface area contributed by atoms with E-state index in [1.807, 2.05) is 6.92 Å². The quantitative estimate of drug-likeness (QED) is 0.699. The minimum atomic E-state index is -3.64. The predicted octanol–water partition coefficient (Wildman–Crippen LogP) is 1.62. The van der Waals surface area contributed by atoms with Crippen molar-refractivity contribution in [2.24, 2.45) is 11.7 Å². The molecule has 0 aliphatic carbocycles. The van der Waals surface area contributed by atoms with Crippen LogP contribution in [0.2, 0.25) is 0 Å². The Kier molecular flexibility index (Phi) is 8.69. The van der Waals surface area contributed by atoms with Crippen LogP contribution in [0.1, 0.15) is 37.6 Å². The molecule has 0 saturated carbocycles. The molecule has 0 spiro atoms. The average molecular weight is 420 g/mol. The highest BCUT2D eigenvalue weighted by atomic mass is 35.5. The van der Waals surface area contributed by atoms with Gasteiger partial charge >= 0.3 is 0 Å². The van der Waals surface area contributed by atoms with Gasteiger partial charge in [-0.3, -0.25) is 4.79 Å². The van der Waals surface area contributed by atoms with Crippen molar-refractivity contribution in [3.63, 3.8) is 0 Å². The van der Waals surface area contributed by atoms with Crippen LogP contribution in [0.5, 0.6) is 0 Å². The lowest BCUT2D eigenvalue weighted by atomic mass is 9.90. The van der Waals surface area contributed by atoms with E-state index in [2.05, 4.69) is 19.2 Å². The first-order valence-corrected chi connectivity index (χ1v) is 10.3. The van der Waals surface area contributed by atoms with Crippen LogP contribution in [0, 0.1) is 5.92 Å². The number of ether oxygens (including phenoxy) is 1. The average Bonchev–Trinajstić information content (AvgIpc) is 2.62. The molecule has 7 nitrogen and oxygen atoms in total. The maximum Gasteiger partial charge on any atom is 0.251 e. The van der Waals surface area contributed by atoms with Crippen LogP contribution in [0.4, 0.5) is 0 Å². The first kappa shape index (κ1) is 23.8. The normalized spacial score (nSPS) is 17.8. The van der Waals surface area contributed by atoms with E-state index >= 15 is 0 Å². The summed E-state index contributed by atoms with van der Waals surface area (Å²) in [5.41, 5.74) is 5.62. The number of carbonyl (C=O) groups is 1. The number of amides is 1. The molecular formula is C18H30ClN3O4S. The summed E-state index contributed by atoms with van der Waals surface area (Å²) in [6, 6.07) is 6.13. The summed E-state index contributed by atoms with van der Waals surface area (Å²) < 4.78 is 32.1. The van der Waals surface area contributed by atoms with Crippen molar-refractivity contribution in [1.29, 1.82) is 0 Å². The monoisotopic (exact) mass is 419 g/mol. The third-order valence-corrected chi connectivity index (χ3v) is 6.32. The second-order valence-corrected chi connectivity index (χ2v) is 9.30. The minimum absolute atomic E-state index is 0. The molecule has 154 valence electrons. The molecule has 27 heavy (non-hydrogen) atoms. The zero-order valence-corrected chi connectivity index (χ0v) is 17.7. The molecule has 1 atom stereocenters. The van der Waals surface area contributed by atoms with Crippen LogP contribution in [-0.2, 0) is 14.8 Å². The number of hydrogen-bond acceptors (Lipinski definition) is 5. The zero-order valence-electron chi connectivity index (χ0n) is 16.1. The highest BCUT2D eigenvalue weighted by molar-refractivity contribution is 7.89. The number of benzene rings is 1. The summed E-state index contributed by atoms with van der Waals surface area (Å²) in [6.07, 6.45) is 0.737. The van der Waals surface area contributed by atoms with Gasteiger partial charge in [0.05, 0.1) is 18.1 Å². The van der Waals surface area contributed by atoms with Crippen molar-refractivity contribution < 1.29 is 17.9 Å². The summed E-state index contributed by atoms with van der Waals surface area (Å²) in [6.45, 7) is 7.73. The second kappa shape index (κ2) is 9.84. The van der Waals surface area contributed by atoms with Crippen molar-refractivity contribution in [2.75, 3.05) is 32.8 Å². The first-order valence-electron chi connectivity index (χ1n) is 8.88. The second-order valence-electron chi connectivity index (χ2n) is 7.36. The number of nitrogens with one attached hydrogen (secondary N) is 1. The Bertz CT molecular complexity index is 736. The fourth-order valence-electron chi connectivity index (χ4n) is 3.17. The third-order valence-electron chi connectivity index (χ3n) is 4.43.